The van der Waals surface area contributed by atoms with Gasteiger partial charge in [-0.1, -0.05) is 121 Å². The molecule has 6 nitrogen and oxygen atoms in total. The Morgan fingerprint density at radius 3 is 1.28 bits per heavy atom. The van der Waals surface area contributed by atoms with Crippen LogP contribution in [0.25, 0.3) is 0 Å². The summed E-state index contributed by atoms with van der Waals surface area (Å²) >= 11 is 0. The molecule has 0 bridgehead atoms. The van der Waals surface area contributed by atoms with Crippen molar-refractivity contribution in [2.45, 2.75) is 13.8 Å². The predicted molar refractivity (Wildman–Crippen MR) is 178 cm³/mol. The highest BCUT2D eigenvalue weighted by Crippen LogP contribution is 2.50. The quantitative estimate of drug-likeness (QED) is 0.101. The molecule has 0 atom stereocenters. The third-order valence-electron chi connectivity index (χ3n) is 6.69. The van der Waals surface area contributed by atoms with Crippen molar-refractivity contribution in [1.82, 2.24) is 9.16 Å². The van der Waals surface area contributed by atoms with E-state index in [9.17, 15) is 9.59 Å². The second kappa shape index (κ2) is 14.8. The van der Waals surface area contributed by atoms with Gasteiger partial charge in [-0.2, -0.15) is 0 Å². The van der Waals surface area contributed by atoms with Gasteiger partial charge in [-0.25, -0.2) is 9.59 Å². The maximum Gasteiger partial charge on any atom is 0.426 e. The molecular formula is C34H33BN2O4P2. The van der Waals surface area contributed by atoms with Gasteiger partial charge in [0.15, 0.2) is 0 Å². The van der Waals surface area contributed by atoms with Crippen LogP contribution in [0.3, 0.4) is 0 Å². The number of benzene rings is 4. The monoisotopic (exact) mass is 606 g/mol. The first kappa shape index (κ1) is 30.3. The minimum atomic E-state index is -1.17. The molecular weight excluding hydrogens is 573 g/mol. The maximum absolute atomic E-state index is 13.8. The van der Waals surface area contributed by atoms with Crippen LogP contribution in [0, 0.1) is 0 Å². The molecule has 4 aromatic carbocycles. The summed E-state index contributed by atoms with van der Waals surface area (Å²) in [6.45, 7) is 3.24. The van der Waals surface area contributed by atoms with E-state index >= 15 is 0 Å². The molecule has 4 aromatic rings. The molecule has 0 spiro atoms. The summed E-state index contributed by atoms with van der Waals surface area (Å²) in [4.78, 5) is 26.8. The lowest BCUT2D eigenvalue weighted by molar-refractivity contribution is -0.140. The van der Waals surface area contributed by atoms with Crippen molar-refractivity contribution < 1.29 is 19.1 Å². The molecule has 0 aliphatic carbocycles. The average Bonchev–Trinajstić information content (AvgIpc) is 3.46. The molecule has 0 N–H and O–H groups in total. The summed E-state index contributed by atoms with van der Waals surface area (Å²) < 4.78 is 15.3. The fraction of sp³-hybridized carbons (Fsp3) is 0.118. The Morgan fingerprint density at radius 2 is 0.953 bits per heavy atom. The summed E-state index contributed by atoms with van der Waals surface area (Å²) in [6, 6.07) is 41.1. The molecule has 9 heteroatoms. The highest BCUT2D eigenvalue weighted by molar-refractivity contribution is 7.74. The Morgan fingerprint density at radius 1 is 0.605 bits per heavy atom. The third kappa shape index (κ3) is 7.08. The van der Waals surface area contributed by atoms with Crippen LogP contribution >= 0.6 is 16.1 Å². The van der Waals surface area contributed by atoms with Gasteiger partial charge in [0.1, 0.15) is 0 Å². The second-order valence-corrected chi connectivity index (χ2v) is 13.7. The Bertz CT molecular complexity index is 1380. The molecule has 0 amide bonds. The number of esters is 2. The van der Waals surface area contributed by atoms with Crippen molar-refractivity contribution in [1.29, 1.82) is 0 Å². The normalized spacial score (nSPS) is 13.1. The molecule has 0 saturated carbocycles. The van der Waals surface area contributed by atoms with E-state index in [1.165, 1.54) is 6.08 Å². The van der Waals surface area contributed by atoms with E-state index in [2.05, 4.69) is 70.1 Å². The third-order valence-corrected chi connectivity index (χ3v) is 11.5. The topological polar surface area (TPSA) is 59.1 Å². The fourth-order valence-electron chi connectivity index (χ4n) is 4.93. The minimum Gasteiger partial charge on any atom is -0.463 e. The van der Waals surface area contributed by atoms with Crippen molar-refractivity contribution in [2.24, 2.45) is 0 Å². The van der Waals surface area contributed by atoms with Gasteiger partial charge in [-0.15, -0.1) is 0 Å². The van der Waals surface area contributed by atoms with Crippen LogP contribution in [0.5, 0.6) is 0 Å². The van der Waals surface area contributed by atoms with Gasteiger partial charge in [-0.05, 0) is 35.1 Å². The number of carbonyl (C=O) groups is 2. The van der Waals surface area contributed by atoms with Crippen molar-refractivity contribution in [3.8, 4) is 0 Å². The zero-order valence-electron chi connectivity index (χ0n) is 24.2. The smallest absolute Gasteiger partial charge is 0.426 e. The predicted octanol–water partition coefficient (Wildman–Crippen LogP) is 5.25. The van der Waals surface area contributed by atoms with Gasteiger partial charge in [0.25, 0.3) is 0 Å². The van der Waals surface area contributed by atoms with E-state index in [-0.39, 0.29) is 18.7 Å². The SMILES string of the molecule is CCOC(=O)/C=C(/B1N(P(c2ccccc2)c2ccccc2)C=CN1P(c1ccccc1)c1ccccc1)C(=O)OCC. The summed E-state index contributed by atoms with van der Waals surface area (Å²) in [5.74, 6) is -1.13. The van der Waals surface area contributed by atoms with E-state index in [0.29, 0.717) is 0 Å². The Kier molecular flexibility index (Phi) is 10.4. The van der Waals surface area contributed by atoms with Gasteiger partial charge < -0.3 is 18.6 Å². The van der Waals surface area contributed by atoms with Crippen molar-refractivity contribution in [3.05, 3.63) is 145 Å². The first-order valence-corrected chi connectivity index (χ1v) is 16.8. The maximum atomic E-state index is 13.8. The lowest BCUT2D eigenvalue weighted by Gasteiger charge is -2.39. The van der Waals surface area contributed by atoms with Gasteiger partial charge >= 0.3 is 18.9 Å². The molecule has 1 aliphatic rings. The molecule has 5 rings (SSSR count). The minimum absolute atomic E-state index is 0.178. The summed E-state index contributed by atoms with van der Waals surface area (Å²) in [5.41, 5.74) is 0.226. The average molecular weight is 606 g/mol. The molecule has 0 fully saturated rings. The first-order valence-electron chi connectivity index (χ1n) is 14.2. The molecule has 1 aliphatic heterocycles. The van der Waals surface area contributed by atoms with Crippen LogP contribution in [-0.4, -0.2) is 41.3 Å². The zero-order chi connectivity index (χ0) is 30.0. The van der Waals surface area contributed by atoms with E-state index in [1.807, 2.05) is 72.8 Å². The number of rotatable bonds is 11. The van der Waals surface area contributed by atoms with Gasteiger partial charge in [-0.3, -0.25) is 0 Å². The lowest BCUT2D eigenvalue weighted by atomic mass is 9.68. The van der Waals surface area contributed by atoms with Crippen LogP contribution in [0.2, 0.25) is 0 Å². The van der Waals surface area contributed by atoms with Crippen molar-refractivity contribution in [2.75, 3.05) is 13.2 Å². The van der Waals surface area contributed by atoms with E-state index in [4.69, 9.17) is 9.47 Å². The molecule has 0 aromatic heterocycles. The van der Waals surface area contributed by atoms with Crippen LogP contribution in [0.1, 0.15) is 13.8 Å². The Labute approximate surface area is 256 Å². The first-order chi connectivity index (χ1) is 21.1. The standard InChI is InChI=1S/C34H33BN2O4P2/c1-3-40-33(38)27-32(34(39)41-4-2)35-36(42(28-17-9-5-10-18-28)29-19-11-6-12-20-29)25-26-37(35)43(30-21-13-7-14-22-30)31-23-15-8-16-24-31/h5-27H,3-4H2,1-2H3/b32-27+. The Hall–Kier alpha value is -4.18. The largest absolute Gasteiger partial charge is 0.463 e. The van der Waals surface area contributed by atoms with Crippen molar-refractivity contribution in [3.63, 3.8) is 0 Å². The molecule has 216 valence electrons. The van der Waals surface area contributed by atoms with Crippen LogP contribution < -0.4 is 21.2 Å². The summed E-state index contributed by atoms with van der Waals surface area (Å²) in [6.07, 6.45) is 5.41. The lowest BCUT2D eigenvalue weighted by Crippen LogP contribution is -2.48. The molecule has 1 heterocycles. The molecule has 0 unspecified atom stereocenters. The van der Waals surface area contributed by atoms with Gasteiger partial charge in [0.2, 0.25) is 0 Å². The Balaban J connectivity index is 1.73. The van der Waals surface area contributed by atoms with Crippen LogP contribution in [0.15, 0.2) is 145 Å². The highest BCUT2D eigenvalue weighted by atomic mass is 31.1. The van der Waals surface area contributed by atoms with E-state index < -0.39 is 35.1 Å². The molecule has 0 radical (unpaired) electrons. The number of hydrogen-bond acceptors (Lipinski definition) is 6. The second-order valence-electron chi connectivity index (χ2n) is 9.47. The summed E-state index contributed by atoms with van der Waals surface area (Å²) in [5, 5.41) is 4.46. The van der Waals surface area contributed by atoms with Crippen molar-refractivity contribution >= 4 is 56.3 Å². The number of ether oxygens (including phenoxy) is 2. The van der Waals surface area contributed by atoms with Gasteiger partial charge in [0, 0.05) is 34.6 Å². The number of hydrogen-bond donors (Lipinski definition) is 0. The van der Waals surface area contributed by atoms with E-state index in [1.54, 1.807) is 13.8 Å². The molecule has 43 heavy (non-hydrogen) atoms. The molecule has 0 saturated heterocycles. The van der Waals surface area contributed by atoms with Gasteiger partial charge in [0.05, 0.1) is 18.7 Å². The summed E-state index contributed by atoms with van der Waals surface area (Å²) in [7, 11) is -2.33. The van der Waals surface area contributed by atoms with Crippen LogP contribution in [-0.2, 0) is 19.1 Å². The number of carbonyl (C=O) groups excluding carboxylic acids is 2. The fourth-order valence-corrected chi connectivity index (χ4v) is 9.79. The zero-order valence-corrected chi connectivity index (χ0v) is 26.0. The highest BCUT2D eigenvalue weighted by Gasteiger charge is 2.47. The van der Waals surface area contributed by atoms with E-state index in [0.717, 1.165) is 21.2 Å². The van der Waals surface area contributed by atoms with Crippen LogP contribution in [0.4, 0.5) is 0 Å². The number of nitrogens with zero attached hydrogens (tertiary/aromatic N) is 2.